The lowest BCUT2D eigenvalue weighted by Gasteiger charge is -2.19. The van der Waals surface area contributed by atoms with Crippen LogP contribution in [0.5, 0.6) is 0 Å². The summed E-state index contributed by atoms with van der Waals surface area (Å²) >= 11 is 0. The van der Waals surface area contributed by atoms with Crippen LogP contribution in [0.25, 0.3) is 0 Å². The van der Waals surface area contributed by atoms with Gasteiger partial charge in [0.1, 0.15) is 5.76 Å². The molecule has 1 aromatic carbocycles. The molecule has 5 nitrogen and oxygen atoms in total. The number of carbonyl (C=O) groups excluding carboxylic acids is 1. The number of nitrogens with one attached hydrogen (secondary N) is 1. The summed E-state index contributed by atoms with van der Waals surface area (Å²) in [5.41, 5.74) is 8.20. The first-order chi connectivity index (χ1) is 10.1. The van der Waals surface area contributed by atoms with Crippen molar-refractivity contribution in [2.24, 2.45) is 0 Å². The first-order valence-electron chi connectivity index (χ1n) is 6.99. The SMILES string of the molecule is CCN(CC(=O)Nc1ccc(C)cc1N)Cc1ccco1. The topological polar surface area (TPSA) is 71.5 Å². The molecule has 0 aliphatic heterocycles. The molecule has 112 valence electrons. The predicted octanol–water partition coefficient (Wildman–Crippen LogP) is 2.63. The second-order valence-electron chi connectivity index (χ2n) is 5.02. The van der Waals surface area contributed by atoms with Gasteiger partial charge in [0.2, 0.25) is 5.91 Å². The van der Waals surface area contributed by atoms with E-state index in [0.29, 0.717) is 24.5 Å². The highest BCUT2D eigenvalue weighted by atomic mass is 16.3. The molecule has 1 heterocycles. The van der Waals surface area contributed by atoms with Gasteiger partial charge in [0.25, 0.3) is 0 Å². The van der Waals surface area contributed by atoms with Crippen molar-refractivity contribution in [2.75, 3.05) is 24.1 Å². The molecule has 2 aromatic rings. The molecule has 0 bridgehead atoms. The Kier molecular flexibility index (Phi) is 5.00. The second kappa shape index (κ2) is 6.95. The number of anilines is 2. The molecule has 1 amide bonds. The number of nitrogens with zero attached hydrogens (tertiary/aromatic N) is 1. The third kappa shape index (κ3) is 4.36. The molecule has 0 aliphatic rings. The number of amides is 1. The van der Waals surface area contributed by atoms with Gasteiger partial charge in [-0.15, -0.1) is 0 Å². The van der Waals surface area contributed by atoms with Gasteiger partial charge in [-0.3, -0.25) is 9.69 Å². The van der Waals surface area contributed by atoms with E-state index in [9.17, 15) is 4.79 Å². The molecule has 0 atom stereocenters. The molecule has 0 saturated carbocycles. The molecule has 0 fully saturated rings. The smallest absolute Gasteiger partial charge is 0.238 e. The van der Waals surface area contributed by atoms with Crippen LogP contribution in [0, 0.1) is 6.92 Å². The number of furan rings is 1. The van der Waals surface area contributed by atoms with Crippen molar-refractivity contribution in [3.8, 4) is 0 Å². The molecule has 2 rings (SSSR count). The van der Waals surface area contributed by atoms with Gasteiger partial charge in [-0.2, -0.15) is 0 Å². The monoisotopic (exact) mass is 287 g/mol. The van der Waals surface area contributed by atoms with Gasteiger partial charge in [-0.25, -0.2) is 0 Å². The summed E-state index contributed by atoms with van der Waals surface area (Å²) in [7, 11) is 0. The zero-order valence-electron chi connectivity index (χ0n) is 12.4. The quantitative estimate of drug-likeness (QED) is 0.801. The minimum Gasteiger partial charge on any atom is -0.468 e. The number of hydrogen-bond acceptors (Lipinski definition) is 4. The largest absolute Gasteiger partial charge is 0.468 e. The van der Waals surface area contributed by atoms with Crippen LogP contribution < -0.4 is 11.1 Å². The number of benzene rings is 1. The van der Waals surface area contributed by atoms with Crippen LogP contribution in [-0.4, -0.2) is 23.9 Å². The minimum atomic E-state index is -0.0843. The summed E-state index contributed by atoms with van der Waals surface area (Å²) < 4.78 is 5.30. The van der Waals surface area contributed by atoms with Crippen LogP contribution >= 0.6 is 0 Å². The minimum absolute atomic E-state index is 0.0843. The third-order valence-corrected chi connectivity index (χ3v) is 3.26. The summed E-state index contributed by atoms with van der Waals surface area (Å²) in [5.74, 6) is 0.762. The van der Waals surface area contributed by atoms with E-state index in [0.717, 1.165) is 17.9 Å². The lowest BCUT2D eigenvalue weighted by Crippen LogP contribution is -2.32. The standard InChI is InChI=1S/C16H21N3O2/c1-3-19(10-13-5-4-8-21-13)11-16(20)18-15-7-6-12(2)9-14(15)17/h4-9H,3,10-11,17H2,1-2H3,(H,18,20). The van der Waals surface area contributed by atoms with Crippen molar-refractivity contribution in [1.29, 1.82) is 0 Å². The first-order valence-corrected chi connectivity index (χ1v) is 6.99. The predicted molar refractivity (Wildman–Crippen MR) is 83.9 cm³/mol. The fourth-order valence-corrected chi connectivity index (χ4v) is 2.09. The van der Waals surface area contributed by atoms with E-state index in [1.807, 2.05) is 49.1 Å². The number of rotatable bonds is 6. The van der Waals surface area contributed by atoms with E-state index >= 15 is 0 Å². The number of aryl methyl sites for hydroxylation is 1. The molecule has 5 heteroatoms. The van der Waals surface area contributed by atoms with Crippen molar-refractivity contribution in [1.82, 2.24) is 4.90 Å². The highest BCUT2D eigenvalue weighted by Gasteiger charge is 2.12. The Labute approximate surface area is 124 Å². The summed E-state index contributed by atoms with van der Waals surface area (Å²) in [5, 5.41) is 2.85. The third-order valence-electron chi connectivity index (χ3n) is 3.26. The Hall–Kier alpha value is -2.27. The van der Waals surface area contributed by atoms with Gasteiger partial charge in [-0.05, 0) is 43.3 Å². The average molecular weight is 287 g/mol. The van der Waals surface area contributed by atoms with E-state index < -0.39 is 0 Å². The van der Waals surface area contributed by atoms with Gasteiger partial charge >= 0.3 is 0 Å². The fraction of sp³-hybridized carbons (Fsp3) is 0.312. The van der Waals surface area contributed by atoms with Crippen LogP contribution in [0.4, 0.5) is 11.4 Å². The normalized spacial score (nSPS) is 10.8. The molecular weight excluding hydrogens is 266 g/mol. The van der Waals surface area contributed by atoms with E-state index in [2.05, 4.69) is 5.32 Å². The van der Waals surface area contributed by atoms with Gasteiger partial charge in [0.15, 0.2) is 0 Å². The molecule has 3 N–H and O–H groups in total. The number of nitrogens with two attached hydrogens (primary N) is 1. The van der Waals surface area contributed by atoms with E-state index in [-0.39, 0.29) is 5.91 Å². The van der Waals surface area contributed by atoms with Crippen molar-refractivity contribution in [3.63, 3.8) is 0 Å². The number of nitrogen functional groups attached to an aromatic ring is 1. The molecule has 1 aromatic heterocycles. The molecule has 0 unspecified atom stereocenters. The summed E-state index contributed by atoms with van der Waals surface area (Å²) in [6, 6.07) is 9.34. The number of hydrogen-bond donors (Lipinski definition) is 2. The Morgan fingerprint density at radius 3 is 2.81 bits per heavy atom. The van der Waals surface area contributed by atoms with Crippen LogP contribution in [0.2, 0.25) is 0 Å². The lowest BCUT2D eigenvalue weighted by atomic mass is 10.2. The molecule has 0 spiro atoms. The lowest BCUT2D eigenvalue weighted by molar-refractivity contribution is -0.117. The van der Waals surface area contributed by atoms with E-state index in [4.69, 9.17) is 10.2 Å². The molecule has 21 heavy (non-hydrogen) atoms. The van der Waals surface area contributed by atoms with Crippen molar-refractivity contribution in [3.05, 3.63) is 47.9 Å². The maximum absolute atomic E-state index is 12.1. The van der Waals surface area contributed by atoms with Gasteiger partial charge in [0, 0.05) is 0 Å². The van der Waals surface area contributed by atoms with Crippen LogP contribution in [0.3, 0.4) is 0 Å². The maximum Gasteiger partial charge on any atom is 0.238 e. The highest BCUT2D eigenvalue weighted by molar-refractivity contribution is 5.95. The van der Waals surface area contributed by atoms with Crippen molar-refractivity contribution in [2.45, 2.75) is 20.4 Å². The number of likely N-dealkylation sites (N-methyl/N-ethyl adjacent to an activating group) is 1. The zero-order chi connectivity index (χ0) is 15.2. The zero-order valence-corrected chi connectivity index (χ0v) is 12.4. The Morgan fingerprint density at radius 1 is 1.38 bits per heavy atom. The molecule has 0 radical (unpaired) electrons. The van der Waals surface area contributed by atoms with Crippen molar-refractivity contribution < 1.29 is 9.21 Å². The first kappa shape index (κ1) is 15.1. The molecular formula is C16H21N3O2. The Balaban J connectivity index is 1.93. The average Bonchev–Trinajstić information content (AvgIpc) is 2.94. The molecule has 0 aliphatic carbocycles. The Morgan fingerprint density at radius 2 is 2.19 bits per heavy atom. The van der Waals surface area contributed by atoms with Crippen LogP contribution in [0.15, 0.2) is 41.0 Å². The summed E-state index contributed by atoms with van der Waals surface area (Å²) in [4.78, 5) is 14.1. The number of carbonyl (C=O) groups is 1. The van der Waals surface area contributed by atoms with Crippen LogP contribution in [0.1, 0.15) is 18.2 Å². The Bertz CT molecular complexity index is 594. The van der Waals surface area contributed by atoms with Crippen LogP contribution in [-0.2, 0) is 11.3 Å². The molecule has 0 saturated heterocycles. The summed E-state index contributed by atoms with van der Waals surface area (Å²) in [6.07, 6.45) is 1.64. The summed E-state index contributed by atoms with van der Waals surface area (Å²) in [6.45, 7) is 5.64. The van der Waals surface area contributed by atoms with E-state index in [1.165, 1.54) is 0 Å². The highest BCUT2D eigenvalue weighted by Crippen LogP contribution is 2.19. The van der Waals surface area contributed by atoms with Crippen molar-refractivity contribution >= 4 is 17.3 Å². The van der Waals surface area contributed by atoms with E-state index in [1.54, 1.807) is 6.26 Å². The van der Waals surface area contributed by atoms with Gasteiger partial charge in [-0.1, -0.05) is 13.0 Å². The fourth-order valence-electron chi connectivity index (χ4n) is 2.09. The van der Waals surface area contributed by atoms with Gasteiger partial charge < -0.3 is 15.5 Å². The van der Waals surface area contributed by atoms with Gasteiger partial charge in [0.05, 0.1) is 30.7 Å². The maximum atomic E-state index is 12.1. The second-order valence-corrected chi connectivity index (χ2v) is 5.02.